The van der Waals surface area contributed by atoms with Crippen molar-refractivity contribution < 1.29 is 27.3 Å². The number of rotatable bonds is 7. The summed E-state index contributed by atoms with van der Waals surface area (Å²) in [5.74, 6) is -0.688. The SMILES string of the molecule is CS(=O)(=O)Cc1cccc(C(=O)OCc2nnc(-c3ccc([N+](=O)[O-])cc3)o2)c1. The molecule has 0 atom stereocenters. The molecule has 0 amide bonds. The predicted octanol–water partition coefficient (Wildman–Crippen LogP) is 2.55. The van der Waals surface area contributed by atoms with E-state index in [0.717, 1.165) is 6.26 Å². The fraction of sp³-hybridized carbons (Fsp3) is 0.167. The number of ether oxygens (including phenoxy) is 1. The first-order valence-corrected chi connectivity index (χ1v) is 10.3. The minimum Gasteiger partial charge on any atom is -0.452 e. The van der Waals surface area contributed by atoms with Gasteiger partial charge in [-0.25, -0.2) is 13.2 Å². The van der Waals surface area contributed by atoms with Crippen molar-refractivity contribution in [2.45, 2.75) is 12.4 Å². The monoisotopic (exact) mass is 417 g/mol. The summed E-state index contributed by atoms with van der Waals surface area (Å²) in [5, 5.41) is 18.3. The Bertz CT molecular complexity index is 1150. The Kier molecular flexibility index (Phi) is 5.69. The van der Waals surface area contributed by atoms with Crippen molar-refractivity contribution in [2.75, 3.05) is 6.26 Å². The Balaban J connectivity index is 1.64. The van der Waals surface area contributed by atoms with Gasteiger partial charge in [-0.15, -0.1) is 10.2 Å². The van der Waals surface area contributed by atoms with Crippen molar-refractivity contribution in [3.05, 3.63) is 75.7 Å². The topological polar surface area (TPSA) is 142 Å². The zero-order valence-corrected chi connectivity index (χ0v) is 16.0. The molecule has 2 aromatic carbocycles. The first-order chi connectivity index (χ1) is 13.7. The number of aromatic nitrogens is 2. The highest BCUT2D eigenvalue weighted by atomic mass is 32.2. The molecular formula is C18H15N3O7S. The van der Waals surface area contributed by atoms with Crippen LogP contribution in [-0.4, -0.2) is 35.8 Å². The second-order valence-electron chi connectivity index (χ2n) is 6.15. The van der Waals surface area contributed by atoms with E-state index in [1.165, 1.54) is 36.4 Å². The molecule has 1 heterocycles. The number of esters is 1. The minimum absolute atomic E-state index is 0.0407. The van der Waals surface area contributed by atoms with Gasteiger partial charge < -0.3 is 9.15 Å². The lowest BCUT2D eigenvalue weighted by Crippen LogP contribution is -2.07. The Morgan fingerprint density at radius 2 is 1.90 bits per heavy atom. The van der Waals surface area contributed by atoms with Gasteiger partial charge in [0, 0.05) is 24.0 Å². The van der Waals surface area contributed by atoms with Gasteiger partial charge in [0.1, 0.15) is 0 Å². The zero-order chi connectivity index (χ0) is 21.0. The van der Waals surface area contributed by atoms with Gasteiger partial charge in [-0.05, 0) is 29.8 Å². The van der Waals surface area contributed by atoms with Gasteiger partial charge in [-0.1, -0.05) is 12.1 Å². The molecule has 150 valence electrons. The van der Waals surface area contributed by atoms with Crippen LogP contribution in [0.4, 0.5) is 5.69 Å². The molecule has 1 aromatic heterocycles. The molecule has 29 heavy (non-hydrogen) atoms. The largest absolute Gasteiger partial charge is 0.452 e. The molecule has 0 unspecified atom stereocenters. The van der Waals surface area contributed by atoms with Crippen LogP contribution in [0.25, 0.3) is 11.5 Å². The smallest absolute Gasteiger partial charge is 0.338 e. The fourth-order valence-electron chi connectivity index (χ4n) is 2.46. The maximum atomic E-state index is 12.2. The average Bonchev–Trinajstić information content (AvgIpc) is 3.14. The third-order valence-corrected chi connectivity index (χ3v) is 4.57. The molecule has 0 N–H and O–H groups in total. The van der Waals surface area contributed by atoms with E-state index in [9.17, 15) is 23.3 Å². The molecule has 0 spiro atoms. The summed E-state index contributed by atoms with van der Waals surface area (Å²) in [6.07, 6.45) is 1.11. The van der Waals surface area contributed by atoms with Crippen LogP contribution in [0.15, 0.2) is 52.9 Å². The number of nitro benzene ring substituents is 1. The number of sulfone groups is 1. The van der Waals surface area contributed by atoms with E-state index in [1.807, 2.05) is 0 Å². The van der Waals surface area contributed by atoms with Gasteiger partial charge in [-0.3, -0.25) is 10.1 Å². The second kappa shape index (κ2) is 8.19. The molecule has 0 bridgehead atoms. The van der Waals surface area contributed by atoms with E-state index in [2.05, 4.69) is 10.2 Å². The molecule has 0 saturated carbocycles. The van der Waals surface area contributed by atoms with E-state index in [0.29, 0.717) is 11.1 Å². The summed E-state index contributed by atoms with van der Waals surface area (Å²) in [6, 6.07) is 11.7. The second-order valence-corrected chi connectivity index (χ2v) is 8.29. The summed E-state index contributed by atoms with van der Waals surface area (Å²) in [4.78, 5) is 22.4. The van der Waals surface area contributed by atoms with Crippen molar-refractivity contribution in [3.63, 3.8) is 0 Å². The average molecular weight is 417 g/mol. The molecule has 0 aliphatic carbocycles. The van der Waals surface area contributed by atoms with Crippen LogP contribution in [0, 0.1) is 10.1 Å². The molecule has 0 fully saturated rings. The predicted molar refractivity (Wildman–Crippen MR) is 100 cm³/mol. The molecular weight excluding hydrogens is 402 g/mol. The zero-order valence-electron chi connectivity index (χ0n) is 15.1. The van der Waals surface area contributed by atoms with Crippen LogP contribution in [0.3, 0.4) is 0 Å². The lowest BCUT2D eigenvalue weighted by Gasteiger charge is -2.04. The number of non-ortho nitro benzene ring substituents is 1. The Morgan fingerprint density at radius 1 is 1.17 bits per heavy atom. The van der Waals surface area contributed by atoms with Gasteiger partial charge in [0.2, 0.25) is 5.89 Å². The molecule has 0 aliphatic rings. The third kappa shape index (κ3) is 5.45. The highest BCUT2D eigenvalue weighted by Crippen LogP contribution is 2.21. The molecule has 10 nitrogen and oxygen atoms in total. The molecule has 3 rings (SSSR count). The standard InChI is InChI=1S/C18H15N3O7S/c1-29(25,26)11-12-3-2-4-14(9-12)18(22)27-10-16-19-20-17(28-16)13-5-7-15(8-6-13)21(23)24/h2-9H,10-11H2,1H3. The van der Waals surface area contributed by atoms with E-state index in [1.54, 1.807) is 12.1 Å². The van der Waals surface area contributed by atoms with Crippen LogP contribution >= 0.6 is 0 Å². The molecule has 3 aromatic rings. The van der Waals surface area contributed by atoms with Crippen molar-refractivity contribution in [1.29, 1.82) is 0 Å². The van der Waals surface area contributed by atoms with Crippen LogP contribution in [0.2, 0.25) is 0 Å². The summed E-state index contributed by atoms with van der Waals surface area (Å²) in [6.45, 7) is -0.283. The minimum atomic E-state index is -3.23. The molecule has 0 aliphatic heterocycles. The quantitative estimate of drug-likeness (QED) is 0.322. The van der Waals surface area contributed by atoms with E-state index in [-0.39, 0.29) is 35.4 Å². The van der Waals surface area contributed by atoms with E-state index < -0.39 is 20.7 Å². The summed E-state index contributed by atoms with van der Waals surface area (Å²) in [5.41, 5.74) is 1.08. The first kappa shape index (κ1) is 20.1. The number of carbonyl (C=O) groups excluding carboxylic acids is 1. The molecule has 0 saturated heterocycles. The van der Waals surface area contributed by atoms with Crippen molar-refractivity contribution in [1.82, 2.24) is 10.2 Å². The van der Waals surface area contributed by atoms with Gasteiger partial charge in [-0.2, -0.15) is 0 Å². The van der Waals surface area contributed by atoms with Crippen molar-refractivity contribution >= 4 is 21.5 Å². The van der Waals surface area contributed by atoms with Crippen molar-refractivity contribution in [2.24, 2.45) is 0 Å². The number of benzene rings is 2. The van der Waals surface area contributed by atoms with Crippen molar-refractivity contribution in [3.8, 4) is 11.5 Å². The Morgan fingerprint density at radius 3 is 2.55 bits per heavy atom. The van der Waals surface area contributed by atoms with Crippen LogP contribution in [0.1, 0.15) is 21.8 Å². The summed E-state index contributed by atoms with van der Waals surface area (Å²) in [7, 11) is -3.23. The van der Waals surface area contributed by atoms with Gasteiger partial charge in [0.15, 0.2) is 16.4 Å². The Hall–Kier alpha value is -3.60. The van der Waals surface area contributed by atoms with Gasteiger partial charge >= 0.3 is 5.97 Å². The van der Waals surface area contributed by atoms with Crippen LogP contribution in [0.5, 0.6) is 0 Å². The fourth-order valence-corrected chi connectivity index (χ4v) is 3.24. The lowest BCUT2D eigenvalue weighted by molar-refractivity contribution is -0.384. The number of nitro groups is 1. The maximum absolute atomic E-state index is 12.2. The molecule has 11 heteroatoms. The summed E-state index contributed by atoms with van der Waals surface area (Å²) >= 11 is 0. The van der Waals surface area contributed by atoms with Gasteiger partial charge in [0.05, 0.1) is 16.2 Å². The normalized spacial score (nSPS) is 11.2. The number of hydrogen-bond acceptors (Lipinski definition) is 9. The highest BCUT2D eigenvalue weighted by Gasteiger charge is 2.14. The third-order valence-electron chi connectivity index (χ3n) is 3.71. The number of nitrogens with zero attached hydrogens (tertiary/aromatic N) is 3. The van der Waals surface area contributed by atoms with Gasteiger partial charge in [0.25, 0.3) is 11.6 Å². The van der Waals surface area contributed by atoms with E-state index >= 15 is 0 Å². The van der Waals surface area contributed by atoms with Crippen LogP contribution < -0.4 is 0 Å². The summed E-state index contributed by atoms with van der Waals surface area (Å²) < 4.78 is 33.3. The lowest BCUT2D eigenvalue weighted by atomic mass is 10.1. The first-order valence-electron chi connectivity index (χ1n) is 8.22. The molecule has 0 radical (unpaired) electrons. The maximum Gasteiger partial charge on any atom is 0.338 e. The number of hydrogen-bond donors (Lipinski definition) is 0. The highest BCUT2D eigenvalue weighted by molar-refractivity contribution is 7.89. The van der Waals surface area contributed by atoms with Crippen LogP contribution in [-0.2, 0) is 26.9 Å². The number of carbonyl (C=O) groups is 1. The Labute approximate surface area is 165 Å². The van der Waals surface area contributed by atoms with E-state index in [4.69, 9.17) is 9.15 Å².